The summed E-state index contributed by atoms with van der Waals surface area (Å²) in [6.45, 7) is 8.72. The molecule has 0 spiro atoms. The number of amides is 2. The van der Waals surface area contributed by atoms with Gasteiger partial charge in [-0.15, -0.1) is 0 Å². The number of methoxy groups -OCH3 is 1. The zero-order valence-electron chi connectivity index (χ0n) is 14.4. The van der Waals surface area contributed by atoms with Gasteiger partial charge in [0.15, 0.2) is 0 Å². The number of rotatable bonds is 4. The van der Waals surface area contributed by atoms with Crippen molar-refractivity contribution in [3.63, 3.8) is 0 Å². The Morgan fingerprint density at radius 3 is 2.23 bits per heavy atom. The number of piperidine rings is 1. The van der Waals surface area contributed by atoms with Crippen molar-refractivity contribution in [1.29, 1.82) is 0 Å². The van der Waals surface area contributed by atoms with E-state index >= 15 is 0 Å². The lowest BCUT2D eigenvalue weighted by molar-refractivity contribution is -0.177. The van der Waals surface area contributed by atoms with Crippen molar-refractivity contribution in [3.05, 3.63) is 0 Å². The van der Waals surface area contributed by atoms with Crippen LogP contribution in [0.25, 0.3) is 0 Å². The molecule has 2 N–H and O–H groups in total. The van der Waals surface area contributed by atoms with Crippen molar-refractivity contribution in [2.75, 3.05) is 20.2 Å². The Morgan fingerprint density at radius 2 is 1.73 bits per heavy atom. The maximum Gasteiger partial charge on any atom is 0.315 e. The molecule has 1 heterocycles. The lowest BCUT2D eigenvalue weighted by Crippen LogP contribution is -2.69. The second-order valence-electron chi connectivity index (χ2n) is 8.07. The van der Waals surface area contributed by atoms with Crippen LogP contribution in [-0.2, 0) is 4.74 Å². The summed E-state index contributed by atoms with van der Waals surface area (Å²) in [6.07, 6.45) is 5.77. The molecule has 5 heteroatoms. The maximum atomic E-state index is 12.3. The summed E-state index contributed by atoms with van der Waals surface area (Å²) in [4.78, 5) is 14.8. The summed E-state index contributed by atoms with van der Waals surface area (Å²) < 4.78 is 5.61. The average molecular weight is 309 g/mol. The summed E-state index contributed by atoms with van der Waals surface area (Å²) in [5.74, 6) is 0. The van der Waals surface area contributed by atoms with Crippen LogP contribution >= 0.6 is 0 Å². The molecule has 2 atom stereocenters. The highest BCUT2D eigenvalue weighted by atomic mass is 16.5. The van der Waals surface area contributed by atoms with Crippen molar-refractivity contribution in [1.82, 2.24) is 15.5 Å². The third-order valence-electron chi connectivity index (χ3n) is 6.51. The summed E-state index contributed by atoms with van der Waals surface area (Å²) in [5.41, 5.74) is -0.172. The van der Waals surface area contributed by atoms with Gasteiger partial charge in [-0.2, -0.15) is 0 Å². The Labute approximate surface area is 134 Å². The first kappa shape index (κ1) is 16.1. The SMILES string of the molecule is CO[C@]1(C)C[C@@H](NC(=O)NC2CCN(C3CC3)CC2)C1(C)C. The van der Waals surface area contributed by atoms with E-state index in [4.69, 9.17) is 4.74 Å². The van der Waals surface area contributed by atoms with Crippen LogP contribution in [0.2, 0.25) is 0 Å². The molecule has 126 valence electrons. The van der Waals surface area contributed by atoms with Gasteiger partial charge in [0.05, 0.1) is 5.60 Å². The fourth-order valence-corrected chi connectivity index (χ4v) is 3.96. The Hall–Kier alpha value is -0.810. The van der Waals surface area contributed by atoms with E-state index in [9.17, 15) is 4.79 Å². The van der Waals surface area contributed by atoms with Crippen LogP contribution in [0.1, 0.15) is 52.9 Å². The first-order valence-corrected chi connectivity index (χ1v) is 8.72. The van der Waals surface area contributed by atoms with E-state index in [0.29, 0.717) is 6.04 Å². The zero-order chi connectivity index (χ0) is 16.0. The summed E-state index contributed by atoms with van der Waals surface area (Å²) in [6, 6.07) is 1.34. The number of hydrogen-bond acceptors (Lipinski definition) is 3. The summed E-state index contributed by atoms with van der Waals surface area (Å²) >= 11 is 0. The van der Waals surface area contributed by atoms with E-state index in [1.54, 1.807) is 7.11 Å². The molecule has 2 saturated carbocycles. The minimum Gasteiger partial charge on any atom is -0.378 e. The molecular weight excluding hydrogens is 278 g/mol. The minimum atomic E-state index is -0.138. The Bertz CT molecular complexity index is 428. The lowest BCUT2D eigenvalue weighted by Gasteiger charge is -2.59. The largest absolute Gasteiger partial charge is 0.378 e. The normalized spacial score (nSPS) is 35.7. The first-order chi connectivity index (χ1) is 10.4. The number of likely N-dealkylation sites (tertiary alicyclic amines) is 1. The Morgan fingerprint density at radius 1 is 1.09 bits per heavy atom. The van der Waals surface area contributed by atoms with Gasteiger partial charge in [0.2, 0.25) is 0 Å². The van der Waals surface area contributed by atoms with Crippen LogP contribution in [0.15, 0.2) is 0 Å². The highest BCUT2D eigenvalue weighted by Crippen LogP contribution is 2.51. The molecule has 1 saturated heterocycles. The van der Waals surface area contributed by atoms with Gasteiger partial charge >= 0.3 is 6.03 Å². The predicted molar refractivity (Wildman–Crippen MR) is 86.9 cm³/mol. The van der Waals surface area contributed by atoms with Gasteiger partial charge in [-0.25, -0.2) is 4.79 Å². The minimum absolute atomic E-state index is 0.0129. The molecule has 5 nitrogen and oxygen atoms in total. The molecule has 0 aromatic heterocycles. The number of hydrogen-bond donors (Lipinski definition) is 2. The first-order valence-electron chi connectivity index (χ1n) is 8.72. The van der Waals surface area contributed by atoms with Crippen LogP contribution in [0.4, 0.5) is 4.79 Å². The highest BCUT2D eigenvalue weighted by Gasteiger charge is 2.58. The van der Waals surface area contributed by atoms with Crippen LogP contribution in [0.5, 0.6) is 0 Å². The van der Waals surface area contributed by atoms with Gasteiger partial charge in [0.1, 0.15) is 0 Å². The molecule has 1 aliphatic heterocycles. The Balaban J connectivity index is 1.42. The fourth-order valence-electron chi connectivity index (χ4n) is 3.96. The molecule has 0 radical (unpaired) electrons. The van der Waals surface area contributed by atoms with E-state index in [-0.39, 0.29) is 23.1 Å². The molecule has 3 fully saturated rings. The molecule has 0 aromatic rings. The molecule has 3 aliphatic rings. The van der Waals surface area contributed by atoms with E-state index < -0.39 is 0 Å². The van der Waals surface area contributed by atoms with E-state index in [2.05, 4.69) is 36.3 Å². The Kier molecular flexibility index (Phi) is 4.14. The van der Waals surface area contributed by atoms with Crippen molar-refractivity contribution in [2.24, 2.45) is 5.41 Å². The second-order valence-corrected chi connectivity index (χ2v) is 8.07. The van der Waals surface area contributed by atoms with E-state index in [1.807, 2.05) is 0 Å². The second kappa shape index (κ2) is 5.68. The molecule has 0 unspecified atom stereocenters. The molecule has 2 aliphatic carbocycles. The number of carbonyl (C=O) groups is 1. The maximum absolute atomic E-state index is 12.3. The number of carbonyl (C=O) groups excluding carboxylic acids is 1. The van der Waals surface area contributed by atoms with Crippen molar-refractivity contribution >= 4 is 6.03 Å². The van der Waals surface area contributed by atoms with Crippen LogP contribution < -0.4 is 10.6 Å². The zero-order valence-corrected chi connectivity index (χ0v) is 14.4. The number of nitrogens with one attached hydrogen (secondary N) is 2. The topological polar surface area (TPSA) is 53.6 Å². The monoisotopic (exact) mass is 309 g/mol. The molecule has 22 heavy (non-hydrogen) atoms. The van der Waals surface area contributed by atoms with Crippen LogP contribution in [0.3, 0.4) is 0 Å². The van der Waals surface area contributed by atoms with Gasteiger partial charge in [0.25, 0.3) is 0 Å². The standard InChI is InChI=1S/C17H31N3O2/c1-16(2)14(11-17(16,3)22-4)19-15(21)18-12-7-9-20(10-8-12)13-5-6-13/h12-14H,5-11H2,1-4H3,(H2,18,19,21)/t14-,17-/m1/s1. The van der Waals surface area contributed by atoms with E-state index in [1.165, 1.54) is 12.8 Å². The van der Waals surface area contributed by atoms with Crippen LogP contribution in [-0.4, -0.2) is 54.9 Å². The van der Waals surface area contributed by atoms with Crippen molar-refractivity contribution < 1.29 is 9.53 Å². The third kappa shape index (κ3) is 2.85. The number of ether oxygens (including phenoxy) is 1. The molecule has 2 amide bonds. The quantitative estimate of drug-likeness (QED) is 0.836. The molecule has 0 bridgehead atoms. The lowest BCUT2D eigenvalue weighted by atomic mass is 9.56. The number of urea groups is 1. The average Bonchev–Trinajstić information content (AvgIpc) is 3.32. The molecular formula is C17H31N3O2. The van der Waals surface area contributed by atoms with Gasteiger partial charge in [-0.05, 0) is 39.0 Å². The number of nitrogens with zero attached hydrogens (tertiary/aromatic N) is 1. The third-order valence-corrected chi connectivity index (χ3v) is 6.51. The fraction of sp³-hybridized carbons (Fsp3) is 0.941. The highest BCUT2D eigenvalue weighted by molar-refractivity contribution is 5.75. The summed E-state index contributed by atoms with van der Waals surface area (Å²) in [5, 5.41) is 6.31. The van der Waals surface area contributed by atoms with Crippen molar-refractivity contribution in [3.8, 4) is 0 Å². The molecule has 0 aromatic carbocycles. The summed E-state index contributed by atoms with van der Waals surface area (Å²) in [7, 11) is 1.76. The van der Waals surface area contributed by atoms with Gasteiger partial charge in [-0.3, -0.25) is 0 Å². The van der Waals surface area contributed by atoms with Gasteiger partial charge in [0, 0.05) is 43.7 Å². The molecule has 3 rings (SSSR count). The predicted octanol–water partition coefficient (Wildman–Crippen LogP) is 2.12. The van der Waals surface area contributed by atoms with Gasteiger partial charge < -0.3 is 20.3 Å². The smallest absolute Gasteiger partial charge is 0.315 e. The van der Waals surface area contributed by atoms with Crippen LogP contribution in [0, 0.1) is 5.41 Å². The van der Waals surface area contributed by atoms with E-state index in [0.717, 1.165) is 38.4 Å². The van der Waals surface area contributed by atoms with Crippen molar-refractivity contribution in [2.45, 2.75) is 76.6 Å². The van der Waals surface area contributed by atoms with Gasteiger partial charge in [-0.1, -0.05) is 13.8 Å².